The van der Waals surface area contributed by atoms with Gasteiger partial charge in [-0.15, -0.1) is 0 Å². The van der Waals surface area contributed by atoms with Crippen LogP contribution in [0.25, 0.3) is 0 Å². The molecule has 1 aliphatic rings. The van der Waals surface area contributed by atoms with Gasteiger partial charge in [-0.05, 0) is 63.6 Å². The van der Waals surface area contributed by atoms with Gasteiger partial charge in [-0.1, -0.05) is 6.92 Å². The first-order valence-electron chi connectivity index (χ1n) is 8.74. The van der Waals surface area contributed by atoms with E-state index >= 15 is 0 Å². The first-order chi connectivity index (χ1) is 11.7. The first kappa shape index (κ1) is 19.7. The van der Waals surface area contributed by atoms with Crippen LogP contribution in [0.1, 0.15) is 56.8 Å². The van der Waals surface area contributed by atoms with Crippen molar-refractivity contribution in [1.82, 2.24) is 10.0 Å². The van der Waals surface area contributed by atoms with Crippen LogP contribution in [0.4, 0.5) is 0 Å². The van der Waals surface area contributed by atoms with Gasteiger partial charge in [-0.2, -0.15) is 0 Å². The van der Waals surface area contributed by atoms with Crippen LogP contribution in [-0.2, 0) is 10.0 Å². The highest BCUT2D eigenvalue weighted by Gasteiger charge is 2.24. The van der Waals surface area contributed by atoms with Crippen molar-refractivity contribution in [3.05, 3.63) is 23.8 Å². The van der Waals surface area contributed by atoms with Crippen molar-refractivity contribution in [2.24, 2.45) is 5.92 Å². The van der Waals surface area contributed by atoms with Gasteiger partial charge in [0, 0.05) is 17.6 Å². The Morgan fingerprint density at radius 2 is 1.84 bits per heavy atom. The van der Waals surface area contributed by atoms with Gasteiger partial charge in [0.1, 0.15) is 10.6 Å². The maximum absolute atomic E-state index is 12.5. The Bertz CT molecular complexity index is 708. The van der Waals surface area contributed by atoms with Crippen LogP contribution in [0.2, 0.25) is 0 Å². The Kier molecular flexibility index (Phi) is 6.46. The van der Waals surface area contributed by atoms with E-state index < -0.39 is 10.0 Å². The molecule has 0 saturated heterocycles. The van der Waals surface area contributed by atoms with Crippen molar-refractivity contribution in [3.63, 3.8) is 0 Å². The number of ether oxygens (including phenoxy) is 1. The molecule has 2 N–H and O–H groups in total. The number of carbonyl (C=O) groups excluding carboxylic acids is 1. The zero-order valence-corrected chi connectivity index (χ0v) is 16.2. The summed E-state index contributed by atoms with van der Waals surface area (Å²) in [6.45, 7) is 5.70. The van der Waals surface area contributed by atoms with E-state index in [4.69, 9.17) is 4.74 Å². The number of amides is 1. The van der Waals surface area contributed by atoms with E-state index in [1.165, 1.54) is 19.2 Å². The second-order valence-corrected chi connectivity index (χ2v) is 8.75. The first-order valence-corrected chi connectivity index (χ1v) is 10.2. The summed E-state index contributed by atoms with van der Waals surface area (Å²) in [5, 5.41) is 3.02. The molecule has 1 aromatic carbocycles. The summed E-state index contributed by atoms with van der Waals surface area (Å²) in [6, 6.07) is 4.39. The minimum Gasteiger partial charge on any atom is -0.495 e. The summed E-state index contributed by atoms with van der Waals surface area (Å²) in [5.41, 5.74) is 0.323. The standard InChI is InChI=1S/C18H28N2O4S/c1-12(2)20-25(22,23)17-11-14(7-10-16(17)24-4)18(21)19-15-8-5-13(3)6-9-15/h7,10-13,15,20H,5-6,8-9H2,1-4H3,(H,19,21). The lowest BCUT2D eigenvalue weighted by atomic mass is 9.87. The molecule has 1 amide bonds. The van der Waals surface area contributed by atoms with Gasteiger partial charge in [-0.3, -0.25) is 4.79 Å². The lowest BCUT2D eigenvalue weighted by molar-refractivity contribution is 0.0922. The maximum atomic E-state index is 12.5. The van der Waals surface area contributed by atoms with Crippen molar-refractivity contribution in [3.8, 4) is 5.75 Å². The molecule has 0 atom stereocenters. The highest BCUT2D eigenvalue weighted by molar-refractivity contribution is 7.89. The van der Waals surface area contributed by atoms with Crippen LogP contribution in [0.15, 0.2) is 23.1 Å². The molecule has 0 unspecified atom stereocenters. The number of hydrogen-bond donors (Lipinski definition) is 2. The SMILES string of the molecule is COc1ccc(C(=O)NC2CCC(C)CC2)cc1S(=O)(=O)NC(C)C. The monoisotopic (exact) mass is 368 g/mol. The Hall–Kier alpha value is -1.60. The molecule has 1 saturated carbocycles. The molecule has 140 valence electrons. The lowest BCUT2D eigenvalue weighted by Crippen LogP contribution is -2.37. The molecule has 6 nitrogen and oxygen atoms in total. The third kappa shape index (κ3) is 5.19. The molecule has 2 rings (SSSR count). The van der Waals surface area contributed by atoms with E-state index in [2.05, 4.69) is 17.0 Å². The van der Waals surface area contributed by atoms with Crippen LogP contribution < -0.4 is 14.8 Å². The molecule has 0 heterocycles. The van der Waals surface area contributed by atoms with Gasteiger partial charge in [-0.25, -0.2) is 13.1 Å². The van der Waals surface area contributed by atoms with E-state index in [1.807, 2.05) is 0 Å². The van der Waals surface area contributed by atoms with Gasteiger partial charge in [0.05, 0.1) is 7.11 Å². The Morgan fingerprint density at radius 1 is 1.20 bits per heavy atom. The molecule has 25 heavy (non-hydrogen) atoms. The van der Waals surface area contributed by atoms with E-state index in [0.29, 0.717) is 11.5 Å². The average molecular weight is 368 g/mol. The smallest absolute Gasteiger partial charge is 0.251 e. The molecule has 0 radical (unpaired) electrons. The van der Waals surface area contributed by atoms with Gasteiger partial charge in [0.15, 0.2) is 0 Å². The molecule has 7 heteroatoms. The van der Waals surface area contributed by atoms with Crippen molar-refractivity contribution < 1.29 is 17.9 Å². The zero-order chi connectivity index (χ0) is 18.6. The molecule has 0 bridgehead atoms. The Morgan fingerprint density at radius 3 is 2.40 bits per heavy atom. The van der Waals surface area contributed by atoms with Gasteiger partial charge in [0.2, 0.25) is 10.0 Å². The molecule has 0 spiro atoms. The molecule has 1 aliphatic carbocycles. The number of hydrogen-bond acceptors (Lipinski definition) is 4. The van der Waals surface area contributed by atoms with Crippen molar-refractivity contribution in [2.45, 2.75) is 63.4 Å². The number of nitrogens with one attached hydrogen (secondary N) is 2. The fraction of sp³-hybridized carbons (Fsp3) is 0.611. The largest absolute Gasteiger partial charge is 0.495 e. The summed E-state index contributed by atoms with van der Waals surface area (Å²) >= 11 is 0. The lowest BCUT2D eigenvalue weighted by Gasteiger charge is -2.27. The van der Waals surface area contributed by atoms with Crippen LogP contribution in [0, 0.1) is 5.92 Å². The van der Waals surface area contributed by atoms with E-state index in [9.17, 15) is 13.2 Å². The van der Waals surface area contributed by atoms with Crippen molar-refractivity contribution in [1.29, 1.82) is 0 Å². The number of methoxy groups -OCH3 is 1. The third-order valence-corrected chi connectivity index (χ3v) is 6.14. The minimum absolute atomic E-state index is 0.0198. The number of rotatable bonds is 6. The zero-order valence-electron chi connectivity index (χ0n) is 15.3. The predicted molar refractivity (Wildman–Crippen MR) is 97.3 cm³/mol. The van der Waals surface area contributed by atoms with Gasteiger partial charge >= 0.3 is 0 Å². The molecular formula is C18H28N2O4S. The summed E-state index contributed by atoms with van der Waals surface area (Å²) in [5.74, 6) is 0.674. The average Bonchev–Trinajstić information content (AvgIpc) is 2.55. The Labute approximate surface area is 150 Å². The topological polar surface area (TPSA) is 84.5 Å². The quantitative estimate of drug-likeness (QED) is 0.808. The van der Waals surface area contributed by atoms with Crippen LogP contribution >= 0.6 is 0 Å². The summed E-state index contributed by atoms with van der Waals surface area (Å²) in [7, 11) is -2.34. The fourth-order valence-electron chi connectivity index (χ4n) is 3.07. The minimum atomic E-state index is -3.75. The highest BCUT2D eigenvalue weighted by atomic mass is 32.2. The van der Waals surface area contributed by atoms with Gasteiger partial charge in [0.25, 0.3) is 5.91 Å². The van der Waals surface area contributed by atoms with Crippen LogP contribution in [0.3, 0.4) is 0 Å². The fourth-order valence-corrected chi connectivity index (χ4v) is 4.52. The van der Waals surface area contributed by atoms with Crippen molar-refractivity contribution in [2.75, 3.05) is 7.11 Å². The van der Waals surface area contributed by atoms with Gasteiger partial charge < -0.3 is 10.1 Å². The number of benzene rings is 1. The van der Waals surface area contributed by atoms with E-state index in [-0.39, 0.29) is 28.6 Å². The van der Waals surface area contributed by atoms with E-state index in [0.717, 1.165) is 25.7 Å². The molecule has 0 aliphatic heterocycles. The van der Waals surface area contributed by atoms with Crippen molar-refractivity contribution >= 4 is 15.9 Å². The molecular weight excluding hydrogens is 340 g/mol. The summed E-state index contributed by atoms with van der Waals surface area (Å²) in [4.78, 5) is 12.5. The maximum Gasteiger partial charge on any atom is 0.251 e. The van der Waals surface area contributed by atoms with Crippen LogP contribution in [-0.4, -0.2) is 33.5 Å². The van der Waals surface area contributed by atoms with Crippen LogP contribution in [0.5, 0.6) is 5.75 Å². The number of carbonyl (C=O) groups is 1. The third-order valence-electron chi connectivity index (χ3n) is 4.46. The highest BCUT2D eigenvalue weighted by Crippen LogP contribution is 2.26. The van der Waals surface area contributed by atoms with E-state index in [1.54, 1.807) is 19.9 Å². The normalized spacial score (nSPS) is 21.2. The molecule has 0 aromatic heterocycles. The second kappa shape index (κ2) is 8.19. The predicted octanol–water partition coefficient (Wildman–Crippen LogP) is 2.69. The second-order valence-electron chi connectivity index (χ2n) is 7.07. The molecule has 1 fully saturated rings. The summed E-state index contributed by atoms with van der Waals surface area (Å²) in [6.07, 6.45) is 4.13. The Balaban J connectivity index is 2.21. The molecule has 1 aromatic rings. The number of sulfonamides is 1. The summed E-state index contributed by atoms with van der Waals surface area (Å²) < 4.78 is 32.7.